The summed E-state index contributed by atoms with van der Waals surface area (Å²) in [6.45, 7) is 2.99. The fourth-order valence-electron chi connectivity index (χ4n) is 2.13. The van der Waals surface area contributed by atoms with E-state index in [2.05, 4.69) is 4.90 Å². The van der Waals surface area contributed by atoms with Gasteiger partial charge in [0.2, 0.25) is 0 Å². The Hall–Kier alpha value is -1.55. The number of nitrogens with two attached hydrogens (primary N) is 1. The van der Waals surface area contributed by atoms with Crippen molar-refractivity contribution in [1.82, 2.24) is 4.90 Å². The van der Waals surface area contributed by atoms with Crippen LogP contribution in [0.4, 0.5) is 5.69 Å². The lowest BCUT2D eigenvalue weighted by Crippen LogP contribution is -2.18. The van der Waals surface area contributed by atoms with Crippen molar-refractivity contribution in [2.45, 2.75) is 19.4 Å². The summed E-state index contributed by atoms with van der Waals surface area (Å²) in [4.78, 5) is 13.2. The molecule has 2 rings (SSSR count). The van der Waals surface area contributed by atoms with E-state index in [0.717, 1.165) is 25.2 Å². The molecule has 0 atom stereocenters. The lowest BCUT2D eigenvalue weighted by molar-refractivity contribution is 0.0696. The highest BCUT2D eigenvalue weighted by Gasteiger charge is 2.13. The molecule has 86 valence electrons. The van der Waals surface area contributed by atoms with Crippen molar-refractivity contribution in [3.63, 3.8) is 0 Å². The van der Waals surface area contributed by atoms with Gasteiger partial charge in [-0.3, -0.25) is 4.90 Å². The van der Waals surface area contributed by atoms with E-state index in [9.17, 15) is 4.79 Å². The first-order valence-corrected chi connectivity index (χ1v) is 5.50. The minimum absolute atomic E-state index is 0.272. The Morgan fingerprint density at radius 3 is 2.62 bits per heavy atom. The first-order chi connectivity index (χ1) is 7.65. The van der Waals surface area contributed by atoms with Gasteiger partial charge in [0.1, 0.15) is 0 Å². The molecule has 1 saturated heterocycles. The van der Waals surface area contributed by atoms with Crippen LogP contribution in [0.15, 0.2) is 18.2 Å². The van der Waals surface area contributed by atoms with Crippen LogP contribution in [0.5, 0.6) is 0 Å². The largest absolute Gasteiger partial charge is 0.478 e. The third kappa shape index (κ3) is 2.52. The van der Waals surface area contributed by atoms with Crippen LogP contribution in [0.1, 0.15) is 28.8 Å². The number of anilines is 1. The number of rotatable bonds is 3. The van der Waals surface area contributed by atoms with Crippen molar-refractivity contribution in [3.05, 3.63) is 29.3 Å². The highest BCUT2D eigenvalue weighted by molar-refractivity contribution is 5.89. The quantitative estimate of drug-likeness (QED) is 0.759. The molecule has 1 heterocycles. The number of aromatic carboxylic acids is 1. The van der Waals surface area contributed by atoms with Crippen molar-refractivity contribution < 1.29 is 9.90 Å². The van der Waals surface area contributed by atoms with E-state index in [1.165, 1.54) is 18.9 Å². The third-order valence-electron chi connectivity index (χ3n) is 2.87. The van der Waals surface area contributed by atoms with Gasteiger partial charge in [0.05, 0.1) is 5.56 Å². The monoisotopic (exact) mass is 220 g/mol. The Morgan fingerprint density at radius 1 is 1.31 bits per heavy atom. The fourth-order valence-corrected chi connectivity index (χ4v) is 2.13. The van der Waals surface area contributed by atoms with E-state index >= 15 is 0 Å². The number of nitrogen functional groups attached to an aromatic ring is 1. The van der Waals surface area contributed by atoms with E-state index in [1.807, 2.05) is 6.07 Å². The normalized spacial score (nSPS) is 16.5. The summed E-state index contributed by atoms with van der Waals surface area (Å²) in [6.07, 6.45) is 2.46. The second kappa shape index (κ2) is 4.53. The van der Waals surface area contributed by atoms with Gasteiger partial charge in [-0.05, 0) is 49.7 Å². The minimum atomic E-state index is -0.921. The molecule has 1 aliphatic rings. The SMILES string of the molecule is Nc1cc(CN2CCCC2)cc(C(=O)O)c1. The number of benzene rings is 1. The summed E-state index contributed by atoms with van der Waals surface area (Å²) in [5, 5.41) is 8.93. The molecular formula is C12H16N2O2. The number of carboxylic acid groups (broad SMARTS) is 1. The maximum atomic E-state index is 10.9. The van der Waals surface area contributed by atoms with Crippen molar-refractivity contribution in [3.8, 4) is 0 Å². The van der Waals surface area contributed by atoms with Gasteiger partial charge in [0.25, 0.3) is 0 Å². The van der Waals surface area contributed by atoms with Crippen LogP contribution in [0.25, 0.3) is 0 Å². The standard InChI is InChI=1S/C12H16N2O2/c13-11-6-9(5-10(7-11)12(15)16)8-14-3-1-2-4-14/h5-7H,1-4,8,13H2,(H,15,16). The number of carboxylic acids is 1. The molecule has 0 aromatic heterocycles. The molecule has 1 aromatic carbocycles. The molecule has 4 heteroatoms. The van der Waals surface area contributed by atoms with Gasteiger partial charge < -0.3 is 10.8 Å². The minimum Gasteiger partial charge on any atom is -0.478 e. The maximum absolute atomic E-state index is 10.9. The number of hydrogen-bond donors (Lipinski definition) is 2. The number of likely N-dealkylation sites (tertiary alicyclic amines) is 1. The van der Waals surface area contributed by atoms with Crippen LogP contribution in [-0.2, 0) is 6.54 Å². The summed E-state index contributed by atoms with van der Waals surface area (Å²) < 4.78 is 0. The predicted octanol–water partition coefficient (Wildman–Crippen LogP) is 1.56. The molecule has 1 aromatic rings. The van der Waals surface area contributed by atoms with Gasteiger partial charge in [0, 0.05) is 12.2 Å². The number of nitrogens with zero attached hydrogens (tertiary/aromatic N) is 1. The second-order valence-electron chi connectivity index (χ2n) is 4.25. The number of carbonyl (C=O) groups is 1. The average Bonchev–Trinajstić information content (AvgIpc) is 2.69. The maximum Gasteiger partial charge on any atom is 0.335 e. The van der Waals surface area contributed by atoms with Gasteiger partial charge in [0.15, 0.2) is 0 Å². The second-order valence-corrected chi connectivity index (χ2v) is 4.25. The summed E-state index contributed by atoms with van der Waals surface area (Å²) >= 11 is 0. The van der Waals surface area contributed by atoms with E-state index in [4.69, 9.17) is 10.8 Å². The third-order valence-corrected chi connectivity index (χ3v) is 2.87. The highest BCUT2D eigenvalue weighted by atomic mass is 16.4. The molecule has 16 heavy (non-hydrogen) atoms. The van der Waals surface area contributed by atoms with Crippen LogP contribution < -0.4 is 5.73 Å². The zero-order valence-electron chi connectivity index (χ0n) is 9.15. The van der Waals surface area contributed by atoms with Crippen LogP contribution >= 0.6 is 0 Å². The van der Waals surface area contributed by atoms with Crippen LogP contribution in [-0.4, -0.2) is 29.1 Å². The average molecular weight is 220 g/mol. The molecule has 1 fully saturated rings. The van der Waals surface area contributed by atoms with E-state index < -0.39 is 5.97 Å². The molecule has 0 bridgehead atoms. The fraction of sp³-hybridized carbons (Fsp3) is 0.417. The van der Waals surface area contributed by atoms with Gasteiger partial charge >= 0.3 is 5.97 Å². The molecule has 3 N–H and O–H groups in total. The summed E-state index contributed by atoms with van der Waals surface area (Å²) in [5.74, 6) is -0.921. The molecular weight excluding hydrogens is 204 g/mol. The highest BCUT2D eigenvalue weighted by Crippen LogP contribution is 2.17. The topological polar surface area (TPSA) is 66.6 Å². The first-order valence-electron chi connectivity index (χ1n) is 5.50. The van der Waals surface area contributed by atoms with Crippen LogP contribution in [0.3, 0.4) is 0 Å². The Morgan fingerprint density at radius 2 is 2.00 bits per heavy atom. The van der Waals surface area contributed by atoms with E-state index in [-0.39, 0.29) is 5.56 Å². The number of hydrogen-bond acceptors (Lipinski definition) is 3. The van der Waals surface area contributed by atoms with Gasteiger partial charge in [-0.15, -0.1) is 0 Å². The Kier molecular flexibility index (Phi) is 3.10. The predicted molar refractivity (Wildman–Crippen MR) is 62.3 cm³/mol. The van der Waals surface area contributed by atoms with Crippen molar-refractivity contribution in [1.29, 1.82) is 0 Å². The lowest BCUT2D eigenvalue weighted by atomic mass is 10.1. The van der Waals surface area contributed by atoms with E-state index in [1.54, 1.807) is 6.07 Å². The lowest BCUT2D eigenvalue weighted by Gasteiger charge is -2.15. The van der Waals surface area contributed by atoms with Crippen molar-refractivity contribution >= 4 is 11.7 Å². The van der Waals surface area contributed by atoms with E-state index in [0.29, 0.717) is 5.69 Å². The molecule has 4 nitrogen and oxygen atoms in total. The summed E-state index contributed by atoms with van der Waals surface area (Å²) in [7, 11) is 0. The molecule has 0 aliphatic carbocycles. The Bertz CT molecular complexity index is 398. The molecule has 0 unspecified atom stereocenters. The smallest absolute Gasteiger partial charge is 0.335 e. The van der Waals surface area contributed by atoms with Gasteiger partial charge in [-0.2, -0.15) is 0 Å². The van der Waals surface area contributed by atoms with Gasteiger partial charge in [-0.25, -0.2) is 4.79 Å². The Labute approximate surface area is 94.7 Å². The van der Waals surface area contributed by atoms with Crippen LogP contribution in [0, 0.1) is 0 Å². The molecule has 0 amide bonds. The van der Waals surface area contributed by atoms with Gasteiger partial charge in [-0.1, -0.05) is 0 Å². The summed E-state index contributed by atoms with van der Waals surface area (Å²) in [5.41, 5.74) is 7.47. The zero-order valence-corrected chi connectivity index (χ0v) is 9.15. The zero-order chi connectivity index (χ0) is 11.5. The van der Waals surface area contributed by atoms with Crippen molar-refractivity contribution in [2.75, 3.05) is 18.8 Å². The molecule has 1 aliphatic heterocycles. The Balaban J connectivity index is 2.16. The van der Waals surface area contributed by atoms with Crippen molar-refractivity contribution in [2.24, 2.45) is 0 Å². The summed E-state index contributed by atoms with van der Waals surface area (Å²) in [6, 6.07) is 5.05. The molecule has 0 spiro atoms. The van der Waals surface area contributed by atoms with Crippen LogP contribution in [0.2, 0.25) is 0 Å². The molecule has 0 radical (unpaired) electrons. The molecule has 0 saturated carbocycles. The first kappa shape index (κ1) is 11.0.